The summed E-state index contributed by atoms with van der Waals surface area (Å²) < 4.78 is 245. The van der Waals surface area contributed by atoms with Gasteiger partial charge in [-0.1, -0.05) is 6.58 Å². The first kappa shape index (κ1) is 26.6. The predicted molar refractivity (Wildman–Crippen MR) is 69.8 cm³/mol. The van der Waals surface area contributed by atoms with Crippen LogP contribution in [0.5, 0.6) is 0 Å². The lowest BCUT2D eigenvalue weighted by atomic mass is 9.37. The molecule has 0 radical (unpaired) electrons. The summed E-state index contributed by atoms with van der Waals surface area (Å²) in [7, 11) is 0. The van der Waals surface area contributed by atoms with Gasteiger partial charge in [-0.05, 0) is 6.92 Å². The third-order valence-electron chi connectivity index (χ3n) is 6.53. The van der Waals surface area contributed by atoms with Crippen LogP contribution in [0, 0.1) is 0 Å². The van der Waals surface area contributed by atoms with Gasteiger partial charge in [0, 0.05) is 0 Å². The lowest BCUT2D eigenvalue weighted by Gasteiger charge is -2.75. The van der Waals surface area contributed by atoms with Crippen LogP contribution in [0.1, 0.15) is 6.92 Å². The lowest BCUT2D eigenvalue weighted by molar-refractivity contribution is -0.598. The Labute approximate surface area is 174 Å². The molecule has 4 rings (SSSR count). The maximum Gasteiger partial charge on any atom is 0.422 e. The first-order valence-electron chi connectivity index (χ1n) is 8.18. The summed E-state index contributed by atoms with van der Waals surface area (Å²) in [4.78, 5) is 11.5. The molecular weight excluding hydrogens is 535 g/mol. The van der Waals surface area contributed by atoms with Gasteiger partial charge in [0.15, 0.2) is 0 Å². The predicted octanol–water partition coefficient (Wildman–Crippen LogP) is 5.46. The lowest BCUT2D eigenvalue weighted by Crippen LogP contribution is -3.10. The van der Waals surface area contributed by atoms with Crippen LogP contribution < -0.4 is 0 Å². The minimum atomic E-state index is -7.95. The summed E-state index contributed by atoms with van der Waals surface area (Å²) in [6.07, 6.45) is -6.10. The van der Waals surface area contributed by atoms with E-state index in [1.54, 1.807) is 0 Å². The number of esters is 1. The number of ether oxygens (including phenoxy) is 1. The maximum atomic E-state index is 15.4. The highest BCUT2D eigenvalue weighted by atomic mass is 19.4. The van der Waals surface area contributed by atoms with Crippen molar-refractivity contribution < 1.29 is 84.2 Å². The Morgan fingerprint density at radius 1 is 0.588 bits per heavy atom. The number of hydrogen-bond donors (Lipinski definition) is 0. The van der Waals surface area contributed by atoms with E-state index >= 15 is 8.78 Å². The Morgan fingerprint density at radius 2 is 0.824 bits per heavy atom. The molecule has 0 aromatic rings. The standard InChI is InChI=1S/C15H5F17O2/c1-3(6(16,17)18)4(33)34-5(2)7(19)11(23,24)9(21)13(27,28)8(5,20)14(29,30)10(22,12(7,25)26)15(9,31)32/h1H2,2H3. The molecule has 4 aliphatic carbocycles. The first-order chi connectivity index (χ1) is 14.5. The highest BCUT2D eigenvalue weighted by Crippen LogP contribution is 2.88. The minimum absolute atomic E-state index is 1.33. The Bertz CT molecular complexity index is 905. The Kier molecular flexibility index (Phi) is 4.34. The van der Waals surface area contributed by atoms with Gasteiger partial charge in [0.2, 0.25) is 5.60 Å². The molecule has 0 N–H and O–H groups in total. The molecule has 0 spiro atoms. The minimum Gasteiger partial charge on any atom is -0.448 e. The van der Waals surface area contributed by atoms with E-state index in [0.29, 0.717) is 0 Å². The van der Waals surface area contributed by atoms with Crippen molar-refractivity contribution in [1.82, 2.24) is 0 Å². The molecule has 4 bridgehead atoms. The molecule has 4 aliphatic rings. The summed E-state index contributed by atoms with van der Waals surface area (Å²) in [6.45, 7) is 0.486. The molecule has 4 saturated carbocycles. The average Bonchev–Trinajstić information content (AvgIpc) is 2.65. The van der Waals surface area contributed by atoms with Crippen molar-refractivity contribution in [1.29, 1.82) is 0 Å². The van der Waals surface area contributed by atoms with Gasteiger partial charge in [-0.3, -0.25) is 0 Å². The van der Waals surface area contributed by atoms with E-state index in [9.17, 15) is 70.7 Å². The number of halogens is 17. The monoisotopic (exact) mass is 540 g/mol. The number of carbonyl (C=O) groups is 1. The fraction of sp³-hybridized carbons (Fsp3) is 0.800. The third kappa shape index (κ3) is 1.73. The van der Waals surface area contributed by atoms with Crippen LogP contribution in [0.15, 0.2) is 12.2 Å². The fourth-order valence-corrected chi connectivity index (χ4v) is 4.70. The van der Waals surface area contributed by atoms with Crippen molar-refractivity contribution in [2.24, 2.45) is 0 Å². The molecule has 19 heteroatoms. The van der Waals surface area contributed by atoms with E-state index < -0.39 is 82.5 Å². The summed E-state index contributed by atoms with van der Waals surface area (Å²) in [5.74, 6) is -42.8. The summed E-state index contributed by atoms with van der Waals surface area (Å²) in [5.41, 5.74) is -39.9. The van der Waals surface area contributed by atoms with Crippen molar-refractivity contribution in [3.63, 3.8) is 0 Å². The van der Waals surface area contributed by atoms with Crippen molar-refractivity contribution >= 4 is 5.97 Å². The molecule has 4 fully saturated rings. The van der Waals surface area contributed by atoms with Crippen molar-refractivity contribution in [3.05, 3.63) is 12.2 Å². The zero-order valence-corrected chi connectivity index (χ0v) is 15.4. The quantitative estimate of drug-likeness (QED) is 0.265. The number of alkyl halides is 17. The van der Waals surface area contributed by atoms with Crippen molar-refractivity contribution in [3.8, 4) is 0 Å². The van der Waals surface area contributed by atoms with Crippen LogP contribution in [0.25, 0.3) is 0 Å². The smallest absolute Gasteiger partial charge is 0.422 e. The molecule has 0 aliphatic heterocycles. The highest BCUT2D eigenvalue weighted by Gasteiger charge is 3.22. The van der Waals surface area contributed by atoms with Gasteiger partial charge in [-0.25, -0.2) is 22.4 Å². The fourth-order valence-electron chi connectivity index (χ4n) is 4.70. The molecule has 0 aromatic heterocycles. The van der Waals surface area contributed by atoms with Crippen molar-refractivity contribution in [2.75, 3.05) is 0 Å². The van der Waals surface area contributed by atoms with Gasteiger partial charge in [-0.15, -0.1) is 0 Å². The largest absolute Gasteiger partial charge is 0.448 e. The summed E-state index contributed by atoms with van der Waals surface area (Å²) >= 11 is 0. The van der Waals surface area contributed by atoms with Crippen LogP contribution in [0.3, 0.4) is 0 Å². The Hall–Kier alpha value is -1.98. The second-order valence-electron chi connectivity index (χ2n) is 7.90. The number of rotatable bonds is 2. The number of hydrogen-bond acceptors (Lipinski definition) is 2. The first-order valence-corrected chi connectivity index (χ1v) is 8.18. The second kappa shape index (κ2) is 5.54. The van der Waals surface area contributed by atoms with Gasteiger partial charge >= 0.3 is 53.1 Å². The molecule has 196 valence electrons. The molecule has 2 nitrogen and oxygen atoms in total. The van der Waals surface area contributed by atoms with Crippen LogP contribution in [-0.2, 0) is 9.53 Å². The summed E-state index contributed by atoms with van der Waals surface area (Å²) in [5, 5.41) is 0. The van der Waals surface area contributed by atoms with Crippen LogP contribution in [-0.4, -0.2) is 70.0 Å². The van der Waals surface area contributed by atoms with Gasteiger partial charge in [0.05, 0.1) is 0 Å². The Morgan fingerprint density at radius 3 is 1.06 bits per heavy atom. The SMILES string of the molecule is C=C(C(=O)OC1(C)C2(F)C(F)(F)C3(F)C(F)(F)C(F)(C2(F)F)C(F)(F)C1(F)C3(F)F)C(F)(F)F. The highest BCUT2D eigenvalue weighted by molar-refractivity contribution is 5.90. The average molecular weight is 540 g/mol. The normalized spacial score (nSPS) is 46.8. The van der Waals surface area contributed by atoms with E-state index in [1.807, 2.05) is 6.58 Å². The van der Waals surface area contributed by atoms with E-state index in [2.05, 4.69) is 4.74 Å². The zero-order valence-electron chi connectivity index (χ0n) is 15.4. The third-order valence-corrected chi connectivity index (χ3v) is 6.53. The van der Waals surface area contributed by atoms with Gasteiger partial charge in [0.1, 0.15) is 5.57 Å². The summed E-state index contributed by atoms with van der Waals surface area (Å²) in [6, 6.07) is 0. The maximum absolute atomic E-state index is 15.4. The van der Waals surface area contributed by atoms with Gasteiger partial charge < -0.3 is 4.74 Å². The molecule has 0 atom stereocenters. The van der Waals surface area contributed by atoms with Crippen molar-refractivity contribution in [2.45, 2.75) is 71.0 Å². The van der Waals surface area contributed by atoms with Gasteiger partial charge in [0.25, 0.3) is 11.3 Å². The van der Waals surface area contributed by atoms with E-state index in [0.717, 1.165) is 0 Å². The molecular formula is C15H5F17O2. The molecule has 0 aromatic carbocycles. The van der Waals surface area contributed by atoms with E-state index in [-0.39, 0.29) is 0 Å². The second-order valence-corrected chi connectivity index (χ2v) is 7.90. The molecule has 0 heterocycles. The van der Waals surface area contributed by atoms with E-state index in [4.69, 9.17) is 0 Å². The zero-order chi connectivity index (χ0) is 27.4. The van der Waals surface area contributed by atoms with Crippen LogP contribution >= 0.6 is 0 Å². The number of carbonyl (C=O) groups excluding carboxylic acids is 1. The van der Waals surface area contributed by atoms with E-state index in [1.165, 1.54) is 0 Å². The Balaban J connectivity index is 2.55. The molecule has 0 unspecified atom stereocenters. The topological polar surface area (TPSA) is 26.3 Å². The molecule has 34 heavy (non-hydrogen) atoms. The molecule has 0 saturated heterocycles. The van der Waals surface area contributed by atoms with Crippen LogP contribution in [0.4, 0.5) is 74.6 Å². The van der Waals surface area contributed by atoms with Crippen LogP contribution in [0.2, 0.25) is 0 Å². The molecule has 0 amide bonds. The van der Waals surface area contributed by atoms with Gasteiger partial charge in [-0.2, -0.15) is 57.1 Å².